The average molecular weight is 464 g/mol. The minimum atomic E-state index is -3.86. The van der Waals surface area contributed by atoms with Gasteiger partial charge in [0.25, 0.3) is 10.0 Å². The molecule has 1 N–H and O–H groups in total. The summed E-state index contributed by atoms with van der Waals surface area (Å²) in [5.41, 5.74) is 1.65. The highest BCUT2D eigenvalue weighted by Gasteiger charge is 2.42. The van der Waals surface area contributed by atoms with E-state index in [1.165, 1.54) is 30.7 Å². The number of hydrogen-bond donors (Lipinski definition) is 1. The van der Waals surface area contributed by atoms with E-state index in [-0.39, 0.29) is 16.3 Å². The van der Waals surface area contributed by atoms with Gasteiger partial charge in [-0.05, 0) is 67.8 Å². The third-order valence-corrected chi connectivity index (χ3v) is 8.85. The van der Waals surface area contributed by atoms with E-state index in [0.29, 0.717) is 5.69 Å². The highest BCUT2D eigenvalue weighted by atomic mass is 32.2. The number of nitrogens with zero attached hydrogens (tertiary/aromatic N) is 2. The second kappa shape index (κ2) is 8.16. The van der Waals surface area contributed by atoms with Crippen molar-refractivity contribution in [3.8, 4) is 0 Å². The van der Waals surface area contributed by atoms with Crippen LogP contribution in [0.15, 0.2) is 53.4 Å². The van der Waals surface area contributed by atoms with Crippen LogP contribution in [0.1, 0.15) is 26.2 Å². The van der Waals surface area contributed by atoms with Crippen molar-refractivity contribution in [1.29, 1.82) is 0 Å². The van der Waals surface area contributed by atoms with Gasteiger partial charge in [0.1, 0.15) is 0 Å². The topological polar surface area (TPSA) is 104 Å². The van der Waals surface area contributed by atoms with Gasteiger partial charge in [-0.2, -0.15) is 0 Å². The molecule has 2 aliphatic rings. The largest absolute Gasteiger partial charge is 0.372 e. The van der Waals surface area contributed by atoms with Crippen molar-refractivity contribution >= 4 is 43.0 Å². The lowest BCUT2D eigenvalue weighted by Crippen LogP contribution is -2.30. The van der Waals surface area contributed by atoms with E-state index < -0.39 is 31.9 Å². The van der Waals surface area contributed by atoms with Crippen molar-refractivity contribution in [3.05, 3.63) is 48.5 Å². The number of rotatable bonds is 5. The van der Waals surface area contributed by atoms with Crippen LogP contribution in [0.3, 0.4) is 0 Å². The first kappa shape index (κ1) is 21.6. The molecular formula is C21H25N3O5S2. The van der Waals surface area contributed by atoms with Crippen molar-refractivity contribution in [2.75, 3.05) is 32.8 Å². The Morgan fingerprint density at radius 3 is 2.03 bits per heavy atom. The maximum Gasteiger partial charge on any atom is 0.261 e. The fourth-order valence-electron chi connectivity index (χ4n) is 3.95. The van der Waals surface area contributed by atoms with Gasteiger partial charge in [0, 0.05) is 24.5 Å². The van der Waals surface area contributed by atoms with E-state index in [1.54, 1.807) is 19.1 Å². The standard InChI is InChI=1S/C21H25N3O5S2/c1-16-15-30(26,27)24(21(16)25)19-9-11-20(12-10-19)31(28,29)22-17-5-7-18(8-6-17)23-13-3-2-4-14-23/h5-12,16,22H,2-4,13-15H2,1H3/t16-/m1/s1. The molecule has 0 spiro atoms. The molecule has 31 heavy (non-hydrogen) atoms. The second-order valence-corrected chi connectivity index (χ2v) is 11.5. The van der Waals surface area contributed by atoms with Crippen molar-refractivity contribution in [3.63, 3.8) is 0 Å². The zero-order valence-electron chi connectivity index (χ0n) is 17.2. The van der Waals surface area contributed by atoms with Gasteiger partial charge in [-0.1, -0.05) is 6.92 Å². The number of hydrogen-bond acceptors (Lipinski definition) is 6. The Bertz CT molecular complexity index is 1170. The molecule has 8 nitrogen and oxygen atoms in total. The third-order valence-electron chi connectivity index (χ3n) is 5.58. The van der Waals surface area contributed by atoms with Gasteiger partial charge < -0.3 is 4.90 Å². The molecule has 166 valence electrons. The lowest BCUT2D eigenvalue weighted by molar-refractivity contribution is -0.119. The van der Waals surface area contributed by atoms with E-state index >= 15 is 0 Å². The minimum Gasteiger partial charge on any atom is -0.372 e. The summed E-state index contributed by atoms with van der Waals surface area (Å²) in [6, 6.07) is 12.5. The van der Waals surface area contributed by atoms with Gasteiger partial charge in [0.2, 0.25) is 15.9 Å². The number of carbonyl (C=O) groups is 1. The number of benzene rings is 2. The highest BCUT2D eigenvalue weighted by molar-refractivity contribution is 7.94. The summed E-state index contributed by atoms with van der Waals surface area (Å²) in [7, 11) is -7.60. The zero-order chi connectivity index (χ0) is 22.2. The van der Waals surface area contributed by atoms with Crippen molar-refractivity contribution in [2.45, 2.75) is 31.1 Å². The third kappa shape index (κ3) is 4.40. The van der Waals surface area contributed by atoms with Gasteiger partial charge in [-0.25, -0.2) is 21.1 Å². The summed E-state index contributed by atoms with van der Waals surface area (Å²) in [5.74, 6) is -1.38. The van der Waals surface area contributed by atoms with Gasteiger partial charge in [-0.3, -0.25) is 9.52 Å². The molecule has 1 atom stereocenters. The molecule has 0 saturated carbocycles. The smallest absolute Gasteiger partial charge is 0.261 e. The first-order valence-corrected chi connectivity index (χ1v) is 13.3. The van der Waals surface area contributed by atoms with Crippen LogP contribution in [0.5, 0.6) is 0 Å². The summed E-state index contributed by atoms with van der Waals surface area (Å²) >= 11 is 0. The molecule has 2 aromatic rings. The quantitative estimate of drug-likeness (QED) is 0.731. The molecule has 0 bridgehead atoms. The fourth-order valence-corrected chi connectivity index (χ4v) is 6.83. The molecule has 2 aliphatic heterocycles. The van der Waals surface area contributed by atoms with Gasteiger partial charge >= 0.3 is 0 Å². The van der Waals surface area contributed by atoms with Crippen molar-refractivity contribution in [2.24, 2.45) is 5.92 Å². The van der Waals surface area contributed by atoms with Crippen LogP contribution in [0.2, 0.25) is 0 Å². The number of amides is 1. The molecule has 2 heterocycles. The molecular weight excluding hydrogens is 438 g/mol. The normalized spacial score (nSPS) is 21.3. The molecule has 0 aliphatic carbocycles. The summed E-state index contributed by atoms with van der Waals surface area (Å²) < 4.78 is 53.2. The lowest BCUT2D eigenvalue weighted by atomic mass is 10.1. The average Bonchev–Trinajstić information content (AvgIpc) is 2.95. The molecule has 2 fully saturated rings. The molecule has 0 radical (unpaired) electrons. The van der Waals surface area contributed by atoms with E-state index in [4.69, 9.17) is 0 Å². The van der Waals surface area contributed by atoms with Crippen LogP contribution in [0.4, 0.5) is 17.1 Å². The number of anilines is 3. The second-order valence-electron chi connectivity index (χ2n) is 7.98. The number of piperidine rings is 1. The van der Waals surface area contributed by atoms with Crippen molar-refractivity contribution < 1.29 is 21.6 Å². The first-order chi connectivity index (χ1) is 14.7. The van der Waals surface area contributed by atoms with E-state index in [2.05, 4.69) is 9.62 Å². The van der Waals surface area contributed by atoms with Crippen LogP contribution >= 0.6 is 0 Å². The summed E-state index contributed by atoms with van der Waals surface area (Å²) in [4.78, 5) is 14.5. The van der Waals surface area contributed by atoms with Gasteiger partial charge in [0.15, 0.2) is 0 Å². The van der Waals surface area contributed by atoms with E-state index in [0.717, 1.165) is 35.9 Å². The molecule has 1 amide bonds. The molecule has 2 aromatic carbocycles. The SMILES string of the molecule is C[C@@H]1CS(=O)(=O)N(c2ccc(S(=O)(=O)Nc3ccc(N4CCCCC4)cc3)cc2)C1=O. The van der Waals surface area contributed by atoms with E-state index in [1.807, 2.05) is 12.1 Å². The van der Waals surface area contributed by atoms with Crippen LogP contribution in [0.25, 0.3) is 0 Å². The predicted molar refractivity (Wildman–Crippen MR) is 120 cm³/mol. The van der Waals surface area contributed by atoms with Crippen LogP contribution < -0.4 is 13.9 Å². The van der Waals surface area contributed by atoms with Crippen LogP contribution in [0, 0.1) is 5.92 Å². The van der Waals surface area contributed by atoms with E-state index in [9.17, 15) is 21.6 Å². The molecule has 0 unspecified atom stereocenters. The van der Waals surface area contributed by atoms with Crippen molar-refractivity contribution in [1.82, 2.24) is 0 Å². The molecule has 0 aromatic heterocycles. The van der Waals surface area contributed by atoms with Crippen LogP contribution in [-0.4, -0.2) is 41.6 Å². The number of nitrogens with one attached hydrogen (secondary N) is 1. The minimum absolute atomic E-state index is 0.0200. The number of sulfonamides is 2. The molecule has 4 rings (SSSR count). The lowest BCUT2D eigenvalue weighted by Gasteiger charge is -2.28. The Labute approximate surface area is 183 Å². The summed E-state index contributed by atoms with van der Waals surface area (Å²) in [6.07, 6.45) is 3.56. The predicted octanol–water partition coefficient (Wildman–Crippen LogP) is 2.79. The van der Waals surface area contributed by atoms with Crippen LogP contribution in [-0.2, 0) is 24.8 Å². The van der Waals surface area contributed by atoms with Gasteiger partial charge in [-0.15, -0.1) is 0 Å². The zero-order valence-corrected chi connectivity index (χ0v) is 18.8. The van der Waals surface area contributed by atoms with Gasteiger partial charge in [0.05, 0.1) is 22.3 Å². The number of carbonyl (C=O) groups excluding carboxylic acids is 1. The molecule has 2 saturated heterocycles. The monoisotopic (exact) mass is 463 g/mol. The Morgan fingerprint density at radius 1 is 0.903 bits per heavy atom. The maximum absolute atomic E-state index is 12.7. The Kier molecular flexibility index (Phi) is 5.69. The summed E-state index contributed by atoms with van der Waals surface area (Å²) in [5, 5.41) is 0. The maximum atomic E-state index is 12.7. The summed E-state index contributed by atoms with van der Waals surface area (Å²) in [6.45, 7) is 3.57. The Morgan fingerprint density at radius 2 is 1.48 bits per heavy atom. The highest BCUT2D eigenvalue weighted by Crippen LogP contribution is 2.29. The first-order valence-electron chi connectivity index (χ1n) is 10.2. The molecule has 10 heteroatoms. The fraction of sp³-hybridized carbons (Fsp3) is 0.381. The Hall–Kier alpha value is -2.59. The Balaban J connectivity index is 1.49.